The number of ether oxygens (including phenoxy) is 2. The summed E-state index contributed by atoms with van der Waals surface area (Å²) < 4.78 is 24.1. The Morgan fingerprint density at radius 1 is 1.56 bits per heavy atom. The fourth-order valence-corrected chi connectivity index (χ4v) is 2.61. The van der Waals surface area contributed by atoms with E-state index in [1.807, 2.05) is 6.92 Å². The number of hydrogen-bond donors (Lipinski definition) is 1. The molecule has 1 aliphatic rings. The van der Waals surface area contributed by atoms with Crippen LogP contribution in [0.4, 0.5) is 4.39 Å². The van der Waals surface area contributed by atoms with Gasteiger partial charge in [-0.25, -0.2) is 4.39 Å². The quantitative estimate of drug-likeness (QED) is 0.897. The molecule has 0 saturated carbocycles. The maximum atomic E-state index is 13.3. The molecular weight excluding hydrogens is 235 g/mol. The number of rotatable bonds is 4. The summed E-state index contributed by atoms with van der Waals surface area (Å²) in [6.07, 6.45) is 0.926. The normalized spacial score (nSPS) is 25.1. The van der Waals surface area contributed by atoms with Gasteiger partial charge in [-0.3, -0.25) is 0 Å². The molecule has 100 valence electrons. The Balaban J connectivity index is 2.27. The van der Waals surface area contributed by atoms with Gasteiger partial charge < -0.3 is 14.6 Å². The number of halogens is 1. The van der Waals surface area contributed by atoms with E-state index in [1.165, 1.54) is 19.2 Å². The zero-order valence-corrected chi connectivity index (χ0v) is 10.7. The number of hydrogen-bond acceptors (Lipinski definition) is 3. The van der Waals surface area contributed by atoms with Gasteiger partial charge in [-0.1, -0.05) is 6.92 Å². The highest BCUT2D eigenvalue weighted by Gasteiger charge is 2.34. The van der Waals surface area contributed by atoms with E-state index in [0.29, 0.717) is 17.9 Å². The standard InChI is InChI=1S/C14H19FO3/c1-3-12-10(6-7-18-12)14(16)11-8-9(15)4-5-13(11)17-2/h4-5,8,10,12,14,16H,3,6-7H2,1-2H3. The molecule has 4 heteroatoms. The molecule has 3 unspecified atom stereocenters. The molecule has 3 nitrogen and oxygen atoms in total. The smallest absolute Gasteiger partial charge is 0.124 e. The molecule has 1 fully saturated rings. The van der Waals surface area contributed by atoms with Crippen LogP contribution in [0.1, 0.15) is 31.4 Å². The molecule has 2 rings (SSSR count). The lowest BCUT2D eigenvalue weighted by molar-refractivity contribution is 0.0296. The van der Waals surface area contributed by atoms with Gasteiger partial charge in [-0.15, -0.1) is 0 Å². The minimum atomic E-state index is -0.747. The first kappa shape index (κ1) is 13.3. The minimum Gasteiger partial charge on any atom is -0.496 e. The van der Waals surface area contributed by atoms with Crippen molar-refractivity contribution in [1.29, 1.82) is 0 Å². The minimum absolute atomic E-state index is 0.00528. The number of benzene rings is 1. The molecule has 0 spiro atoms. The van der Waals surface area contributed by atoms with E-state index in [9.17, 15) is 9.50 Å². The van der Waals surface area contributed by atoms with Crippen molar-refractivity contribution in [2.45, 2.75) is 32.0 Å². The molecular formula is C14H19FO3. The van der Waals surface area contributed by atoms with Crippen molar-refractivity contribution in [3.8, 4) is 5.75 Å². The van der Waals surface area contributed by atoms with Crippen LogP contribution in [0, 0.1) is 11.7 Å². The summed E-state index contributed by atoms with van der Waals surface area (Å²) in [7, 11) is 1.52. The molecule has 1 saturated heterocycles. The zero-order chi connectivity index (χ0) is 13.1. The van der Waals surface area contributed by atoms with Gasteiger partial charge in [-0.05, 0) is 31.0 Å². The average Bonchev–Trinajstić information content (AvgIpc) is 2.86. The summed E-state index contributed by atoms with van der Waals surface area (Å²) in [6, 6.07) is 4.22. The molecule has 18 heavy (non-hydrogen) atoms. The van der Waals surface area contributed by atoms with Crippen LogP contribution in [0.2, 0.25) is 0 Å². The summed E-state index contributed by atoms with van der Waals surface area (Å²) in [6.45, 7) is 2.68. The summed E-state index contributed by atoms with van der Waals surface area (Å²) in [5.41, 5.74) is 0.506. The first-order chi connectivity index (χ1) is 8.67. The molecule has 3 atom stereocenters. The van der Waals surface area contributed by atoms with E-state index in [1.54, 1.807) is 6.07 Å². The lowest BCUT2D eigenvalue weighted by Gasteiger charge is -2.24. The van der Waals surface area contributed by atoms with Gasteiger partial charge in [0.1, 0.15) is 11.6 Å². The Labute approximate surface area is 107 Å². The van der Waals surface area contributed by atoms with Crippen LogP contribution in [0.15, 0.2) is 18.2 Å². The predicted molar refractivity (Wildman–Crippen MR) is 66.0 cm³/mol. The van der Waals surface area contributed by atoms with E-state index < -0.39 is 6.10 Å². The van der Waals surface area contributed by atoms with E-state index in [4.69, 9.17) is 9.47 Å². The first-order valence-corrected chi connectivity index (χ1v) is 6.30. The van der Waals surface area contributed by atoms with Gasteiger partial charge in [0.05, 0.1) is 19.3 Å². The Kier molecular flexibility index (Phi) is 4.19. The Morgan fingerprint density at radius 2 is 2.33 bits per heavy atom. The first-order valence-electron chi connectivity index (χ1n) is 6.30. The van der Waals surface area contributed by atoms with Crippen molar-refractivity contribution in [3.05, 3.63) is 29.6 Å². The largest absolute Gasteiger partial charge is 0.496 e. The van der Waals surface area contributed by atoms with Crippen LogP contribution >= 0.6 is 0 Å². The molecule has 1 aromatic rings. The lowest BCUT2D eigenvalue weighted by Crippen LogP contribution is -2.22. The van der Waals surface area contributed by atoms with Crippen LogP contribution in [0.25, 0.3) is 0 Å². The fraction of sp³-hybridized carbons (Fsp3) is 0.571. The highest BCUT2D eigenvalue weighted by molar-refractivity contribution is 5.36. The third-order valence-electron chi connectivity index (χ3n) is 3.58. The molecule has 1 N–H and O–H groups in total. The molecule has 0 amide bonds. The van der Waals surface area contributed by atoms with Crippen molar-refractivity contribution < 1.29 is 19.0 Å². The van der Waals surface area contributed by atoms with E-state index in [2.05, 4.69) is 0 Å². The topological polar surface area (TPSA) is 38.7 Å². The number of aliphatic hydroxyl groups is 1. The summed E-state index contributed by atoms with van der Waals surface area (Å²) >= 11 is 0. The molecule has 1 aromatic carbocycles. The average molecular weight is 254 g/mol. The maximum Gasteiger partial charge on any atom is 0.124 e. The second-order valence-electron chi connectivity index (χ2n) is 4.60. The second kappa shape index (κ2) is 5.67. The SMILES string of the molecule is CCC1OCCC1C(O)c1cc(F)ccc1OC. The Bertz CT molecular complexity index is 408. The van der Waals surface area contributed by atoms with Gasteiger partial charge in [0.15, 0.2) is 0 Å². The lowest BCUT2D eigenvalue weighted by atomic mass is 9.88. The highest BCUT2D eigenvalue weighted by Crippen LogP contribution is 2.38. The van der Waals surface area contributed by atoms with Gasteiger partial charge >= 0.3 is 0 Å². The van der Waals surface area contributed by atoms with Crippen molar-refractivity contribution in [2.24, 2.45) is 5.92 Å². The molecule has 1 heterocycles. The number of methoxy groups -OCH3 is 1. The second-order valence-corrected chi connectivity index (χ2v) is 4.60. The van der Waals surface area contributed by atoms with E-state index >= 15 is 0 Å². The monoisotopic (exact) mass is 254 g/mol. The van der Waals surface area contributed by atoms with E-state index in [-0.39, 0.29) is 17.8 Å². The van der Waals surface area contributed by atoms with E-state index in [0.717, 1.165) is 12.8 Å². The van der Waals surface area contributed by atoms with Crippen molar-refractivity contribution in [3.63, 3.8) is 0 Å². The third-order valence-corrected chi connectivity index (χ3v) is 3.58. The van der Waals surface area contributed by atoms with Crippen LogP contribution in [0.3, 0.4) is 0 Å². The number of aliphatic hydroxyl groups excluding tert-OH is 1. The predicted octanol–water partition coefficient (Wildman–Crippen LogP) is 2.68. The van der Waals surface area contributed by atoms with Gasteiger partial charge in [0.25, 0.3) is 0 Å². The van der Waals surface area contributed by atoms with Crippen LogP contribution in [-0.2, 0) is 4.74 Å². The van der Waals surface area contributed by atoms with Gasteiger partial charge in [0, 0.05) is 18.1 Å². The molecule has 0 radical (unpaired) electrons. The Hall–Kier alpha value is -1.13. The molecule has 1 aliphatic heterocycles. The Morgan fingerprint density at radius 3 is 3.00 bits per heavy atom. The van der Waals surface area contributed by atoms with Gasteiger partial charge in [-0.2, -0.15) is 0 Å². The maximum absolute atomic E-state index is 13.3. The van der Waals surface area contributed by atoms with Crippen molar-refractivity contribution in [2.75, 3.05) is 13.7 Å². The summed E-state index contributed by atoms with van der Waals surface area (Å²) in [5, 5.41) is 10.4. The van der Waals surface area contributed by atoms with Crippen molar-refractivity contribution >= 4 is 0 Å². The molecule has 0 aliphatic carbocycles. The van der Waals surface area contributed by atoms with Crippen LogP contribution < -0.4 is 4.74 Å². The fourth-order valence-electron chi connectivity index (χ4n) is 2.61. The zero-order valence-electron chi connectivity index (χ0n) is 10.7. The van der Waals surface area contributed by atoms with Gasteiger partial charge in [0.2, 0.25) is 0 Å². The highest BCUT2D eigenvalue weighted by atomic mass is 19.1. The summed E-state index contributed by atoms with van der Waals surface area (Å²) in [5.74, 6) is 0.160. The van der Waals surface area contributed by atoms with Crippen molar-refractivity contribution in [1.82, 2.24) is 0 Å². The van der Waals surface area contributed by atoms with Crippen LogP contribution in [-0.4, -0.2) is 24.9 Å². The molecule has 0 bridgehead atoms. The summed E-state index contributed by atoms with van der Waals surface area (Å²) in [4.78, 5) is 0. The molecule has 0 aromatic heterocycles. The third kappa shape index (κ3) is 2.49. The van der Waals surface area contributed by atoms with Crippen LogP contribution in [0.5, 0.6) is 5.75 Å².